The van der Waals surface area contributed by atoms with Crippen LogP contribution < -0.4 is 5.46 Å². The molecule has 2 saturated heterocycles. The second kappa shape index (κ2) is 9.44. The van der Waals surface area contributed by atoms with Crippen LogP contribution in [0.1, 0.15) is 79.5 Å². The van der Waals surface area contributed by atoms with Gasteiger partial charge in [0.15, 0.2) is 14.5 Å². The van der Waals surface area contributed by atoms with Gasteiger partial charge < -0.3 is 18.5 Å². The van der Waals surface area contributed by atoms with Crippen LogP contribution >= 0.6 is 11.6 Å². The number of hydrogen-bond acceptors (Lipinski definition) is 5. The summed E-state index contributed by atoms with van der Waals surface area (Å²) in [5, 5.41) is 6.60. The van der Waals surface area contributed by atoms with Gasteiger partial charge in [-0.3, -0.25) is 0 Å². The Bertz CT molecular complexity index is 1060. The van der Waals surface area contributed by atoms with E-state index >= 15 is 0 Å². The van der Waals surface area contributed by atoms with Crippen molar-refractivity contribution < 1.29 is 18.5 Å². The molecule has 4 rings (SSSR count). The van der Waals surface area contributed by atoms with Crippen molar-refractivity contribution in [2.45, 2.75) is 110 Å². The fourth-order valence-electron chi connectivity index (χ4n) is 4.48. The molecule has 35 heavy (non-hydrogen) atoms. The molecular formula is C26H42BClN2O4Si. The summed E-state index contributed by atoms with van der Waals surface area (Å²) in [6.07, 6.45) is 5.70. The first-order valence-corrected chi connectivity index (χ1v) is 16.2. The number of benzene rings is 1. The van der Waals surface area contributed by atoms with Gasteiger partial charge in [0.1, 0.15) is 0 Å². The normalized spacial score (nSPS) is 22.8. The van der Waals surface area contributed by atoms with E-state index in [1.165, 1.54) is 0 Å². The van der Waals surface area contributed by atoms with E-state index < -0.39 is 26.6 Å². The van der Waals surface area contributed by atoms with Crippen molar-refractivity contribution in [2.24, 2.45) is 0 Å². The Morgan fingerprint density at radius 2 is 1.83 bits per heavy atom. The Balaban J connectivity index is 1.75. The maximum atomic E-state index is 7.00. The summed E-state index contributed by atoms with van der Waals surface area (Å²) in [6.45, 7) is 21.0. The summed E-state index contributed by atoms with van der Waals surface area (Å²) in [5.74, 6) is 0. The largest absolute Gasteiger partial charge is 0.495 e. The molecule has 1 atom stereocenters. The van der Waals surface area contributed by atoms with Crippen LogP contribution in [0.5, 0.6) is 0 Å². The third-order valence-electron chi connectivity index (χ3n) is 8.54. The molecule has 0 bridgehead atoms. The second-order valence-corrected chi connectivity index (χ2v) is 17.8. The molecule has 0 N–H and O–H groups in total. The highest BCUT2D eigenvalue weighted by molar-refractivity contribution is 6.74. The fourth-order valence-corrected chi connectivity index (χ4v) is 5.82. The lowest BCUT2D eigenvalue weighted by molar-refractivity contribution is -0.0366. The fraction of sp³-hybridized carbons (Fsp3) is 0.731. The standard InChI is InChI=1S/C26H42BClN2O4Si/c1-24(2,3)35(8,9)32-15-13-18-20(28)16-21-19(17-29-30(21)22-12-10-11-14-31-22)23(18)27-33-25(4,5)26(6,7)34-27/h16-17,22H,10-15H2,1-9H3. The average Bonchev–Trinajstić information content (AvgIpc) is 3.24. The molecule has 6 nitrogen and oxygen atoms in total. The zero-order chi connectivity index (χ0) is 25.8. The lowest BCUT2D eigenvalue weighted by Crippen LogP contribution is -2.42. The van der Waals surface area contributed by atoms with Crippen molar-refractivity contribution >= 4 is 43.4 Å². The van der Waals surface area contributed by atoms with Crippen molar-refractivity contribution in [2.75, 3.05) is 13.2 Å². The number of fused-ring (bicyclic) bond motifs is 1. The van der Waals surface area contributed by atoms with Crippen LogP contribution in [0.3, 0.4) is 0 Å². The molecule has 2 fully saturated rings. The van der Waals surface area contributed by atoms with Crippen molar-refractivity contribution in [1.29, 1.82) is 0 Å². The van der Waals surface area contributed by atoms with Gasteiger partial charge in [-0.1, -0.05) is 32.4 Å². The number of halogens is 1. The summed E-state index contributed by atoms with van der Waals surface area (Å²) < 4.78 is 27.6. The number of ether oxygens (including phenoxy) is 1. The number of hydrogen-bond donors (Lipinski definition) is 0. The smallest absolute Gasteiger partial charge is 0.416 e. The quantitative estimate of drug-likeness (QED) is 0.421. The molecule has 1 unspecified atom stereocenters. The topological polar surface area (TPSA) is 54.7 Å². The summed E-state index contributed by atoms with van der Waals surface area (Å²) in [4.78, 5) is 0. The van der Waals surface area contributed by atoms with Gasteiger partial charge in [-0.2, -0.15) is 5.10 Å². The van der Waals surface area contributed by atoms with Crippen molar-refractivity contribution in [3.8, 4) is 0 Å². The maximum Gasteiger partial charge on any atom is 0.495 e. The zero-order valence-corrected chi connectivity index (χ0v) is 24.7. The zero-order valence-electron chi connectivity index (χ0n) is 23.0. The molecule has 2 aliphatic heterocycles. The van der Waals surface area contributed by atoms with Crippen LogP contribution in [0, 0.1) is 0 Å². The molecule has 3 heterocycles. The maximum absolute atomic E-state index is 7.00. The molecule has 194 valence electrons. The highest BCUT2D eigenvalue weighted by atomic mass is 35.5. The van der Waals surface area contributed by atoms with E-state index in [2.05, 4.69) is 61.6 Å². The van der Waals surface area contributed by atoms with E-state index in [9.17, 15) is 0 Å². The SMILES string of the molecule is CC1(C)OB(c2c(CCO[Si](C)(C)C(C)(C)C)c(Cl)cc3c2cnn3C2CCCCO2)OC1(C)C. The number of nitrogens with zero attached hydrogens (tertiary/aromatic N) is 2. The molecule has 0 saturated carbocycles. The van der Waals surface area contributed by atoms with Crippen molar-refractivity contribution in [3.63, 3.8) is 0 Å². The monoisotopic (exact) mass is 520 g/mol. The van der Waals surface area contributed by atoms with E-state index in [1.54, 1.807) is 0 Å². The third-order valence-corrected chi connectivity index (χ3v) is 13.4. The lowest BCUT2D eigenvalue weighted by Gasteiger charge is -2.36. The van der Waals surface area contributed by atoms with E-state index in [1.807, 2.05) is 16.9 Å². The van der Waals surface area contributed by atoms with Crippen LogP contribution in [0.25, 0.3) is 10.9 Å². The van der Waals surface area contributed by atoms with Crippen LogP contribution in [-0.2, 0) is 24.9 Å². The number of rotatable bonds is 6. The summed E-state index contributed by atoms with van der Waals surface area (Å²) in [5.41, 5.74) is 2.03. The Labute approximate surface area is 217 Å². The van der Waals surface area contributed by atoms with Gasteiger partial charge >= 0.3 is 7.12 Å². The highest BCUT2D eigenvalue weighted by Crippen LogP contribution is 2.39. The van der Waals surface area contributed by atoms with Crippen molar-refractivity contribution in [3.05, 3.63) is 22.8 Å². The highest BCUT2D eigenvalue weighted by Gasteiger charge is 2.53. The van der Waals surface area contributed by atoms with E-state index in [4.69, 9.17) is 35.2 Å². The minimum absolute atomic E-state index is 0.0729. The molecule has 9 heteroatoms. The number of aromatic nitrogens is 2. The molecule has 1 aromatic carbocycles. The van der Waals surface area contributed by atoms with E-state index in [0.29, 0.717) is 18.1 Å². The van der Waals surface area contributed by atoms with Crippen LogP contribution in [0.2, 0.25) is 23.2 Å². The van der Waals surface area contributed by atoms with Gasteiger partial charge in [-0.15, -0.1) is 0 Å². The second-order valence-electron chi connectivity index (χ2n) is 12.5. The molecule has 2 aliphatic rings. The molecule has 0 spiro atoms. The van der Waals surface area contributed by atoms with E-state index in [0.717, 1.165) is 47.8 Å². The predicted molar refractivity (Wildman–Crippen MR) is 146 cm³/mol. The van der Waals surface area contributed by atoms with Crippen LogP contribution in [0.4, 0.5) is 0 Å². The first-order chi connectivity index (χ1) is 16.1. The molecule has 2 aromatic rings. The Hall–Kier alpha value is -0.898. The van der Waals surface area contributed by atoms with Gasteiger partial charge in [-0.25, -0.2) is 4.68 Å². The molecule has 1 aromatic heterocycles. The Morgan fingerprint density at radius 3 is 2.40 bits per heavy atom. The van der Waals surface area contributed by atoms with Gasteiger partial charge in [0.25, 0.3) is 0 Å². The van der Waals surface area contributed by atoms with Crippen molar-refractivity contribution in [1.82, 2.24) is 9.78 Å². The summed E-state index contributed by atoms with van der Waals surface area (Å²) in [6, 6.07) is 2.03. The van der Waals surface area contributed by atoms with Gasteiger partial charge in [-0.05, 0) is 88.6 Å². The summed E-state index contributed by atoms with van der Waals surface area (Å²) >= 11 is 7.00. The molecule has 0 aliphatic carbocycles. The van der Waals surface area contributed by atoms with Crippen LogP contribution in [0.15, 0.2) is 12.3 Å². The molecular weight excluding hydrogens is 479 g/mol. The molecule has 0 amide bonds. The average molecular weight is 521 g/mol. The van der Waals surface area contributed by atoms with Gasteiger partial charge in [0.2, 0.25) is 0 Å². The first-order valence-electron chi connectivity index (χ1n) is 12.9. The van der Waals surface area contributed by atoms with Gasteiger partial charge in [0, 0.05) is 23.6 Å². The lowest BCUT2D eigenvalue weighted by atomic mass is 9.73. The van der Waals surface area contributed by atoms with Crippen LogP contribution in [-0.4, -0.2) is 49.6 Å². The summed E-state index contributed by atoms with van der Waals surface area (Å²) in [7, 11) is -2.42. The minimum Gasteiger partial charge on any atom is -0.416 e. The minimum atomic E-state index is -1.88. The molecule has 0 radical (unpaired) electrons. The Morgan fingerprint density at radius 1 is 1.17 bits per heavy atom. The van der Waals surface area contributed by atoms with E-state index in [-0.39, 0.29) is 11.3 Å². The van der Waals surface area contributed by atoms with Gasteiger partial charge in [0.05, 0.1) is 22.9 Å². The third kappa shape index (κ3) is 5.12. The Kier molecular flexibility index (Phi) is 7.32. The predicted octanol–water partition coefficient (Wildman–Crippen LogP) is 6.25. The first kappa shape index (κ1) is 27.1.